The molecule has 0 aliphatic carbocycles. The molecule has 5 amide bonds. The molecule has 2 N–H and O–H groups in total. The standard InChI is InChI=1S/C27H21Cl2N3O5/c1-15-6-8-20(10-16(15)2)30-24(33)14-37-23-9-7-19(29)11-17(23)12-22-25(34)31-27(36)32(26(22)35)21-5-3-4-18(28)13-21/h3-13H,14H2,1-2H3,(H,30,33)(H,31,34,36)/b22-12+. The zero-order valence-electron chi connectivity index (χ0n) is 19.8. The van der Waals surface area contributed by atoms with Crippen molar-refractivity contribution in [2.45, 2.75) is 13.8 Å². The third-order valence-electron chi connectivity index (χ3n) is 5.59. The van der Waals surface area contributed by atoms with Crippen LogP contribution in [-0.2, 0) is 14.4 Å². The summed E-state index contributed by atoms with van der Waals surface area (Å²) in [6.45, 7) is 3.58. The van der Waals surface area contributed by atoms with Gasteiger partial charge in [-0.25, -0.2) is 9.69 Å². The van der Waals surface area contributed by atoms with Gasteiger partial charge in [-0.3, -0.25) is 19.7 Å². The van der Waals surface area contributed by atoms with E-state index in [0.29, 0.717) is 15.7 Å². The van der Waals surface area contributed by atoms with Crippen molar-refractivity contribution >= 4 is 64.4 Å². The van der Waals surface area contributed by atoms with Crippen molar-refractivity contribution in [3.63, 3.8) is 0 Å². The van der Waals surface area contributed by atoms with Gasteiger partial charge in [-0.1, -0.05) is 35.3 Å². The molecule has 4 rings (SSSR count). The number of urea groups is 1. The van der Waals surface area contributed by atoms with E-state index in [1.165, 1.54) is 30.3 Å². The van der Waals surface area contributed by atoms with Crippen molar-refractivity contribution in [3.8, 4) is 5.75 Å². The van der Waals surface area contributed by atoms with E-state index < -0.39 is 23.8 Å². The number of hydrogen-bond donors (Lipinski definition) is 2. The number of rotatable bonds is 6. The molecule has 3 aromatic carbocycles. The molecule has 1 aliphatic heterocycles. The summed E-state index contributed by atoms with van der Waals surface area (Å²) in [7, 11) is 0. The van der Waals surface area contributed by atoms with E-state index >= 15 is 0 Å². The fraction of sp³-hybridized carbons (Fsp3) is 0.111. The van der Waals surface area contributed by atoms with Crippen molar-refractivity contribution in [1.29, 1.82) is 0 Å². The molecule has 1 saturated heterocycles. The first-order chi connectivity index (χ1) is 17.6. The Morgan fingerprint density at radius 1 is 0.973 bits per heavy atom. The van der Waals surface area contributed by atoms with Gasteiger partial charge in [0.15, 0.2) is 6.61 Å². The smallest absolute Gasteiger partial charge is 0.335 e. The number of barbiturate groups is 1. The fourth-order valence-electron chi connectivity index (χ4n) is 3.59. The molecule has 3 aromatic rings. The molecule has 1 fully saturated rings. The van der Waals surface area contributed by atoms with Gasteiger partial charge in [0, 0.05) is 21.3 Å². The van der Waals surface area contributed by atoms with E-state index in [0.717, 1.165) is 16.0 Å². The van der Waals surface area contributed by atoms with Gasteiger partial charge >= 0.3 is 6.03 Å². The molecule has 8 nitrogen and oxygen atoms in total. The van der Waals surface area contributed by atoms with E-state index in [2.05, 4.69) is 10.6 Å². The number of carbonyl (C=O) groups excluding carboxylic acids is 4. The Morgan fingerprint density at radius 2 is 1.73 bits per heavy atom. The van der Waals surface area contributed by atoms with Crippen LogP contribution in [0.1, 0.15) is 16.7 Å². The first kappa shape index (κ1) is 25.9. The summed E-state index contributed by atoms with van der Waals surface area (Å²) in [4.78, 5) is 51.4. The molecule has 0 atom stereocenters. The predicted molar refractivity (Wildman–Crippen MR) is 142 cm³/mol. The van der Waals surface area contributed by atoms with Crippen LogP contribution in [-0.4, -0.2) is 30.4 Å². The second kappa shape index (κ2) is 10.9. The number of benzene rings is 3. The first-order valence-corrected chi connectivity index (χ1v) is 11.8. The van der Waals surface area contributed by atoms with E-state index in [1.807, 2.05) is 26.0 Å². The van der Waals surface area contributed by atoms with Crippen LogP contribution >= 0.6 is 23.2 Å². The number of nitrogens with zero attached hydrogens (tertiary/aromatic N) is 1. The molecule has 0 aromatic heterocycles. The van der Waals surface area contributed by atoms with Crippen LogP contribution in [0.25, 0.3) is 6.08 Å². The monoisotopic (exact) mass is 537 g/mol. The van der Waals surface area contributed by atoms with Crippen LogP contribution in [0.2, 0.25) is 10.0 Å². The van der Waals surface area contributed by atoms with Gasteiger partial charge in [-0.15, -0.1) is 0 Å². The number of carbonyl (C=O) groups is 4. The predicted octanol–water partition coefficient (Wildman–Crippen LogP) is 5.29. The average Bonchev–Trinajstić information content (AvgIpc) is 2.83. The Morgan fingerprint density at radius 3 is 2.46 bits per heavy atom. The zero-order chi connectivity index (χ0) is 26.7. The lowest BCUT2D eigenvalue weighted by Crippen LogP contribution is -2.54. The van der Waals surface area contributed by atoms with E-state index in [1.54, 1.807) is 24.3 Å². The molecule has 0 radical (unpaired) electrons. The van der Waals surface area contributed by atoms with Crippen molar-refractivity contribution in [1.82, 2.24) is 5.32 Å². The minimum absolute atomic E-state index is 0.194. The van der Waals surface area contributed by atoms with Crippen LogP contribution in [0.15, 0.2) is 66.2 Å². The third-order valence-corrected chi connectivity index (χ3v) is 6.06. The van der Waals surface area contributed by atoms with Crippen LogP contribution in [0.5, 0.6) is 5.75 Å². The number of aryl methyl sites for hydroxylation is 2. The summed E-state index contributed by atoms with van der Waals surface area (Å²) >= 11 is 12.1. The Balaban J connectivity index is 1.57. The van der Waals surface area contributed by atoms with Gasteiger partial charge in [0.25, 0.3) is 17.7 Å². The van der Waals surface area contributed by atoms with E-state index in [-0.39, 0.29) is 29.2 Å². The fourth-order valence-corrected chi connectivity index (χ4v) is 3.95. The number of hydrogen-bond acceptors (Lipinski definition) is 5. The SMILES string of the molecule is Cc1ccc(NC(=O)COc2ccc(Cl)cc2/C=C2\C(=O)NC(=O)N(c3cccc(Cl)c3)C2=O)cc1C. The van der Waals surface area contributed by atoms with Crippen LogP contribution < -0.4 is 20.3 Å². The normalized spacial score (nSPS) is 14.5. The summed E-state index contributed by atoms with van der Waals surface area (Å²) in [6, 6.07) is 15.3. The summed E-state index contributed by atoms with van der Waals surface area (Å²) in [5.74, 6) is -1.93. The Hall–Kier alpha value is -4.14. The second-order valence-corrected chi connectivity index (χ2v) is 9.13. The molecule has 0 unspecified atom stereocenters. The number of ether oxygens (including phenoxy) is 1. The van der Waals surface area contributed by atoms with Gasteiger partial charge in [0.2, 0.25) is 0 Å². The molecule has 188 valence electrons. The molecular weight excluding hydrogens is 517 g/mol. The molecular formula is C27H21Cl2N3O5. The topological polar surface area (TPSA) is 105 Å². The van der Waals surface area contributed by atoms with Crippen molar-refractivity contribution in [2.24, 2.45) is 0 Å². The molecule has 0 spiro atoms. The highest BCUT2D eigenvalue weighted by atomic mass is 35.5. The van der Waals surface area contributed by atoms with Gasteiger partial charge in [-0.05, 0) is 79.6 Å². The lowest BCUT2D eigenvalue weighted by molar-refractivity contribution is -0.122. The van der Waals surface area contributed by atoms with Gasteiger partial charge in [0.1, 0.15) is 11.3 Å². The summed E-state index contributed by atoms with van der Waals surface area (Å²) in [5.41, 5.74) is 2.90. The Labute approximate surface area is 222 Å². The average molecular weight is 538 g/mol. The maximum atomic E-state index is 13.2. The first-order valence-electron chi connectivity index (χ1n) is 11.1. The minimum atomic E-state index is -0.903. The van der Waals surface area contributed by atoms with E-state index in [4.69, 9.17) is 27.9 Å². The molecule has 0 saturated carbocycles. The number of anilines is 2. The molecule has 1 aliphatic rings. The molecule has 0 bridgehead atoms. The summed E-state index contributed by atoms with van der Waals surface area (Å²) in [5, 5.41) is 5.53. The maximum absolute atomic E-state index is 13.2. The van der Waals surface area contributed by atoms with Gasteiger partial charge in [0.05, 0.1) is 5.69 Å². The van der Waals surface area contributed by atoms with Gasteiger partial charge in [-0.2, -0.15) is 0 Å². The molecule has 37 heavy (non-hydrogen) atoms. The number of halogens is 2. The number of imide groups is 2. The quantitative estimate of drug-likeness (QED) is 0.328. The van der Waals surface area contributed by atoms with Crippen LogP contribution in [0.3, 0.4) is 0 Å². The van der Waals surface area contributed by atoms with E-state index in [9.17, 15) is 19.2 Å². The van der Waals surface area contributed by atoms with Crippen molar-refractivity contribution in [2.75, 3.05) is 16.8 Å². The number of amides is 5. The zero-order valence-corrected chi connectivity index (χ0v) is 21.3. The largest absolute Gasteiger partial charge is 0.483 e. The van der Waals surface area contributed by atoms with Crippen molar-refractivity contribution < 1.29 is 23.9 Å². The molecule has 10 heteroatoms. The highest BCUT2D eigenvalue weighted by molar-refractivity contribution is 6.39. The van der Waals surface area contributed by atoms with Crippen molar-refractivity contribution in [3.05, 3.63) is 93.0 Å². The highest BCUT2D eigenvalue weighted by Gasteiger charge is 2.37. The van der Waals surface area contributed by atoms with Crippen LogP contribution in [0, 0.1) is 13.8 Å². The second-order valence-electron chi connectivity index (χ2n) is 8.26. The molecule has 1 heterocycles. The Kier molecular flexibility index (Phi) is 7.61. The highest BCUT2D eigenvalue weighted by Crippen LogP contribution is 2.29. The van der Waals surface area contributed by atoms with Gasteiger partial charge < -0.3 is 10.1 Å². The minimum Gasteiger partial charge on any atom is -0.483 e. The maximum Gasteiger partial charge on any atom is 0.335 e. The van der Waals surface area contributed by atoms with Crippen LogP contribution in [0.4, 0.5) is 16.2 Å². The lowest BCUT2D eigenvalue weighted by Gasteiger charge is -2.26. The number of nitrogens with one attached hydrogen (secondary N) is 2. The summed E-state index contributed by atoms with van der Waals surface area (Å²) in [6.07, 6.45) is 1.25. The lowest BCUT2D eigenvalue weighted by atomic mass is 10.1. The Bertz CT molecular complexity index is 1470. The third kappa shape index (κ3) is 5.99. The summed E-state index contributed by atoms with van der Waals surface area (Å²) < 4.78 is 5.68.